The number of benzene rings is 1. The van der Waals surface area contributed by atoms with Gasteiger partial charge in [-0.3, -0.25) is 10.1 Å². The first-order valence-electron chi connectivity index (χ1n) is 2.96. The van der Waals surface area contributed by atoms with Gasteiger partial charge in [-0.15, -0.1) is 0 Å². The fourth-order valence-corrected chi connectivity index (χ4v) is 1.12. The molecule has 6 heteroatoms. The Labute approximate surface area is 70.5 Å². The number of hydrogen-bond donors (Lipinski definition) is 1. The average molecular weight is 187 g/mol. The van der Waals surface area contributed by atoms with Gasteiger partial charge in [0.1, 0.15) is 0 Å². The highest BCUT2D eigenvalue weighted by Crippen LogP contribution is 2.14. The van der Waals surface area contributed by atoms with Crippen LogP contribution in [-0.4, -0.2) is 13.7 Å². The van der Waals surface area contributed by atoms with E-state index in [2.05, 4.69) is 0 Å². The molecule has 1 N–H and O–H groups in total. The van der Waals surface area contributed by atoms with Crippen LogP contribution in [0.15, 0.2) is 29.2 Å². The summed E-state index contributed by atoms with van der Waals surface area (Å²) in [5.41, 5.74) is -0.185. The molecule has 1 aromatic carbocycles. The Morgan fingerprint density at radius 2 is 2.17 bits per heavy atom. The summed E-state index contributed by atoms with van der Waals surface area (Å²) in [5, 5.41) is 10.2. The second-order valence-corrected chi connectivity index (χ2v) is 2.97. The van der Waals surface area contributed by atoms with Crippen LogP contribution >= 0.6 is 0 Å². The third-order valence-electron chi connectivity index (χ3n) is 1.23. The molecule has 0 aliphatic heterocycles. The number of nitro groups is 1. The molecule has 1 aromatic rings. The molecule has 0 radical (unpaired) electrons. The Hall–Kier alpha value is -1.27. The number of hydrogen-bond acceptors (Lipinski definition) is 3. The van der Waals surface area contributed by atoms with Crippen LogP contribution in [0.4, 0.5) is 5.69 Å². The standard InChI is InChI=1S/C6H5NO4S/c8-7(9)5-2-1-3-6(4-5)12(10)11/h1-4H,(H,10,11). The lowest BCUT2D eigenvalue weighted by atomic mass is 10.3. The summed E-state index contributed by atoms with van der Waals surface area (Å²) in [7, 11) is 0. The van der Waals surface area contributed by atoms with Gasteiger partial charge in [0.25, 0.3) is 5.69 Å². The number of nitrogens with zero attached hydrogens (tertiary/aromatic N) is 1. The molecule has 0 aromatic heterocycles. The predicted molar refractivity (Wildman–Crippen MR) is 42.1 cm³/mol. The van der Waals surface area contributed by atoms with E-state index in [0.717, 1.165) is 6.07 Å². The average Bonchev–Trinajstić information content (AvgIpc) is 2.04. The lowest BCUT2D eigenvalue weighted by molar-refractivity contribution is -0.385. The van der Waals surface area contributed by atoms with Crippen molar-refractivity contribution >= 4 is 16.8 Å². The van der Waals surface area contributed by atoms with E-state index in [-0.39, 0.29) is 10.6 Å². The van der Waals surface area contributed by atoms with Crippen molar-refractivity contribution in [2.24, 2.45) is 0 Å². The van der Waals surface area contributed by atoms with Crippen LogP contribution in [0.1, 0.15) is 0 Å². The van der Waals surface area contributed by atoms with Gasteiger partial charge in [0.2, 0.25) is 0 Å². The van der Waals surface area contributed by atoms with E-state index in [0.29, 0.717) is 0 Å². The molecule has 0 saturated carbocycles. The molecule has 0 bridgehead atoms. The summed E-state index contributed by atoms with van der Waals surface area (Å²) in [6, 6.07) is 5.04. The molecule has 0 saturated heterocycles. The Bertz CT molecular complexity index is 309. The highest BCUT2D eigenvalue weighted by atomic mass is 32.2. The third kappa shape index (κ3) is 1.86. The fraction of sp³-hybridized carbons (Fsp3) is 0. The van der Waals surface area contributed by atoms with E-state index in [9.17, 15) is 14.3 Å². The molecule has 12 heavy (non-hydrogen) atoms. The summed E-state index contributed by atoms with van der Waals surface area (Å²) < 4.78 is 19.0. The van der Waals surface area contributed by atoms with Crippen molar-refractivity contribution in [1.29, 1.82) is 0 Å². The van der Waals surface area contributed by atoms with E-state index in [1.165, 1.54) is 18.2 Å². The van der Waals surface area contributed by atoms with Gasteiger partial charge < -0.3 is 4.55 Å². The van der Waals surface area contributed by atoms with E-state index in [4.69, 9.17) is 4.55 Å². The SMILES string of the molecule is O=[N+]([O-])c1cccc(S(=O)O)c1. The summed E-state index contributed by atoms with van der Waals surface area (Å²) >= 11 is -2.16. The second kappa shape index (κ2) is 3.42. The summed E-state index contributed by atoms with van der Waals surface area (Å²) in [5.74, 6) is 0. The highest BCUT2D eigenvalue weighted by Gasteiger charge is 2.07. The first-order valence-corrected chi connectivity index (χ1v) is 4.07. The maximum Gasteiger partial charge on any atom is 0.270 e. The van der Waals surface area contributed by atoms with Crippen molar-refractivity contribution in [2.45, 2.75) is 4.90 Å². The molecule has 1 atom stereocenters. The monoisotopic (exact) mass is 187 g/mol. The topological polar surface area (TPSA) is 80.4 Å². The molecular weight excluding hydrogens is 182 g/mol. The predicted octanol–water partition coefficient (Wildman–Crippen LogP) is 1.18. The van der Waals surface area contributed by atoms with Crippen molar-refractivity contribution in [3.8, 4) is 0 Å². The first-order chi connectivity index (χ1) is 5.61. The van der Waals surface area contributed by atoms with Gasteiger partial charge in [0.15, 0.2) is 11.1 Å². The van der Waals surface area contributed by atoms with Gasteiger partial charge in [-0.25, -0.2) is 4.21 Å². The Kier molecular flexibility index (Phi) is 2.51. The summed E-state index contributed by atoms with van der Waals surface area (Å²) in [4.78, 5) is 9.62. The molecule has 0 fully saturated rings. The largest absolute Gasteiger partial charge is 0.302 e. The first kappa shape index (κ1) is 8.82. The maximum atomic E-state index is 10.5. The quantitative estimate of drug-likeness (QED) is 0.428. The van der Waals surface area contributed by atoms with Crippen LogP contribution in [0.25, 0.3) is 0 Å². The second-order valence-electron chi connectivity index (χ2n) is 2.00. The van der Waals surface area contributed by atoms with Crippen molar-refractivity contribution in [2.75, 3.05) is 0 Å². The van der Waals surface area contributed by atoms with Gasteiger partial charge in [-0.2, -0.15) is 0 Å². The van der Waals surface area contributed by atoms with Crippen molar-refractivity contribution < 1.29 is 13.7 Å². The summed E-state index contributed by atoms with van der Waals surface area (Å²) in [6.45, 7) is 0. The molecule has 5 nitrogen and oxygen atoms in total. The lowest BCUT2D eigenvalue weighted by Gasteiger charge is -1.93. The van der Waals surface area contributed by atoms with Gasteiger partial charge in [-0.1, -0.05) is 6.07 Å². The molecule has 64 valence electrons. The fourth-order valence-electron chi connectivity index (χ4n) is 0.706. The van der Waals surface area contributed by atoms with Crippen molar-refractivity contribution in [1.82, 2.24) is 0 Å². The molecule has 0 aliphatic rings. The van der Waals surface area contributed by atoms with Crippen LogP contribution in [0, 0.1) is 10.1 Å². The molecule has 0 amide bonds. The number of rotatable bonds is 2. The smallest absolute Gasteiger partial charge is 0.270 e. The van der Waals surface area contributed by atoms with Crippen LogP contribution in [0.5, 0.6) is 0 Å². The zero-order chi connectivity index (χ0) is 9.14. The van der Waals surface area contributed by atoms with Gasteiger partial charge in [0, 0.05) is 12.1 Å². The minimum absolute atomic E-state index is 0.0317. The van der Waals surface area contributed by atoms with Gasteiger partial charge in [0.05, 0.1) is 9.82 Å². The molecule has 1 unspecified atom stereocenters. The van der Waals surface area contributed by atoms with E-state index in [1.54, 1.807) is 0 Å². The molecule has 1 rings (SSSR count). The highest BCUT2D eigenvalue weighted by molar-refractivity contribution is 7.79. The Morgan fingerprint density at radius 1 is 1.50 bits per heavy atom. The minimum atomic E-state index is -2.16. The van der Waals surface area contributed by atoms with E-state index in [1.807, 2.05) is 0 Å². The van der Waals surface area contributed by atoms with E-state index < -0.39 is 16.0 Å². The van der Waals surface area contributed by atoms with Crippen LogP contribution in [-0.2, 0) is 11.1 Å². The van der Waals surface area contributed by atoms with Crippen LogP contribution in [0.3, 0.4) is 0 Å². The molecule has 0 heterocycles. The summed E-state index contributed by atoms with van der Waals surface area (Å²) in [6.07, 6.45) is 0. The van der Waals surface area contributed by atoms with Crippen molar-refractivity contribution in [3.05, 3.63) is 34.4 Å². The third-order valence-corrected chi connectivity index (χ3v) is 1.89. The number of non-ortho nitro benzene ring substituents is 1. The Morgan fingerprint density at radius 3 is 2.67 bits per heavy atom. The minimum Gasteiger partial charge on any atom is -0.302 e. The van der Waals surface area contributed by atoms with Crippen LogP contribution < -0.4 is 0 Å². The van der Waals surface area contributed by atoms with Crippen LogP contribution in [0.2, 0.25) is 0 Å². The van der Waals surface area contributed by atoms with Gasteiger partial charge >= 0.3 is 0 Å². The van der Waals surface area contributed by atoms with E-state index >= 15 is 0 Å². The number of nitro benzene ring substituents is 1. The normalized spacial score (nSPS) is 12.4. The lowest BCUT2D eigenvalue weighted by Crippen LogP contribution is -1.91. The molecule has 0 spiro atoms. The van der Waals surface area contributed by atoms with Gasteiger partial charge in [-0.05, 0) is 6.07 Å². The van der Waals surface area contributed by atoms with Crippen molar-refractivity contribution in [3.63, 3.8) is 0 Å². The zero-order valence-corrected chi connectivity index (χ0v) is 6.65. The molecule has 0 aliphatic carbocycles. The molecular formula is C6H5NO4S. The zero-order valence-electron chi connectivity index (χ0n) is 5.84. The maximum absolute atomic E-state index is 10.5. The Balaban J connectivity index is 3.12.